The average Bonchev–Trinajstić information content (AvgIpc) is 3.01. The fourth-order valence-corrected chi connectivity index (χ4v) is 5.93. The normalized spacial score (nSPS) is 33.9. The van der Waals surface area contributed by atoms with Crippen molar-refractivity contribution in [2.45, 2.75) is 38.7 Å². The highest BCUT2D eigenvalue weighted by Gasteiger charge is 2.62. The lowest BCUT2D eigenvalue weighted by atomic mass is 9.60. The van der Waals surface area contributed by atoms with E-state index >= 15 is 0 Å². The van der Waals surface area contributed by atoms with Gasteiger partial charge in [-0.3, -0.25) is 4.90 Å². The highest BCUT2D eigenvalue weighted by Crippen LogP contribution is 2.59. The van der Waals surface area contributed by atoms with Gasteiger partial charge in [-0.25, -0.2) is 0 Å². The van der Waals surface area contributed by atoms with Gasteiger partial charge in [-0.1, -0.05) is 31.0 Å². The van der Waals surface area contributed by atoms with Crippen LogP contribution in [0.25, 0.3) is 0 Å². The van der Waals surface area contributed by atoms with E-state index in [1.807, 2.05) is 31.2 Å². The minimum absolute atomic E-state index is 0.376. The average molecular weight is 344 g/mol. The van der Waals surface area contributed by atoms with Crippen LogP contribution in [0.4, 0.5) is 0 Å². The van der Waals surface area contributed by atoms with Crippen LogP contribution < -0.4 is 4.74 Å². The van der Waals surface area contributed by atoms with Gasteiger partial charge in [0.15, 0.2) is 0 Å². The summed E-state index contributed by atoms with van der Waals surface area (Å²) in [4.78, 5) is 5.06. The number of likely N-dealkylation sites (tertiary alicyclic amines) is 2. The summed E-state index contributed by atoms with van der Waals surface area (Å²) in [5, 5.41) is 10.5. The minimum atomic E-state index is -0.425. The van der Waals surface area contributed by atoms with Crippen molar-refractivity contribution < 1.29 is 9.84 Å². The van der Waals surface area contributed by atoms with Gasteiger partial charge in [0, 0.05) is 43.6 Å². The number of hydrogen-bond donors (Lipinski definition) is 1. The summed E-state index contributed by atoms with van der Waals surface area (Å²) in [6.07, 6.45) is 5.06. The topological polar surface area (TPSA) is 35.9 Å². The molecule has 0 amide bonds. The lowest BCUT2D eigenvalue weighted by Crippen LogP contribution is -2.42. The van der Waals surface area contributed by atoms with Crippen molar-refractivity contribution in [2.24, 2.45) is 10.8 Å². The molecule has 2 heterocycles. The number of hydrogen-bond acceptors (Lipinski definition) is 4. The Balaban J connectivity index is 1.36. The molecule has 3 unspecified atom stereocenters. The lowest BCUT2D eigenvalue weighted by molar-refractivity contribution is 0.0688. The largest absolute Gasteiger partial charge is 0.491 e. The van der Waals surface area contributed by atoms with Gasteiger partial charge in [0.1, 0.15) is 18.5 Å². The molecule has 138 valence electrons. The Labute approximate surface area is 151 Å². The van der Waals surface area contributed by atoms with Crippen LogP contribution in [0.1, 0.15) is 31.2 Å². The number of rotatable bonds is 5. The van der Waals surface area contributed by atoms with Gasteiger partial charge in [-0.05, 0) is 38.4 Å². The van der Waals surface area contributed by atoms with Crippen LogP contribution >= 0.6 is 0 Å². The Morgan fingerprint density at radius 1 is 1.08 bits per heavy atom. The third-order valence-electron chi connectivity index (χ3n) is 6.88. The van der Waals surface area contributed by atoms with Gasteiger partial charge >= 0.3 is 0 Å². The smallest absolute Gasteiger partial charge is 0.122 e. The number of aryl methyl sites for hydroxylation is 1. The van der Waals surface area contributed by atoms with Crippen molar-refractivity contribution in [1.29, 1.82) is 0 Å². The molecule has 4 nitrogen and oxygen atoms in total. The van der Waals surface area contributed by atoms with E-state index < -0.39 is 6.10 Å². The van der Waals surface area contributed by atoms with Gasteiger partial charge in [-0.2, -0.15) is 0 Å². The van der Waals surface area contributed by atoms with E-state index in [2.05, 4.69) is 16.8 Å². The molecular weight excluding hydrogens is 312 g/mol. The summed E-state index contributed by atoms with van der Waals surface area (Å²) in [6.45, 7) is 7.93. The molecule has 1 N–H and O–H groups in total. The number of aliphatic hydroxyl groups excluding tert-OH is 1. The van der Waals surface area contributed by atoms with Crippen molar-refractivity contribution in [1.82, 2.24) is 9.80 Å². The second-order valence-corrected chi connectivity index (χ2v) is 8.84. The number of ether oxygens (including phenoxy) is 1. The van der Waals surface area contributed by atoms with Crippen molar-refractivity contribution >= 4 is 0 Å². The zero-order chi connectivity index (χ0) is 17.5. The quantitative estimate of drug-likeness (QED) is 0.890. The molecule has 1 saturated carbocycles. The lowest BCUT2D eigenvalue weighted by Gasteiger charge is -2.42. The SMILES string of the molecule is Cc1ccccc1OCC(O)CN1CC23CCCCC2(CN(C)C3)C1. The Morgan fingerprint density at radius 2 is 1.72 bits per heavy atom. The van der Waals surface area contributed by atoms with E-state index in [1.165, 1.54) is 38.8 Å². The third-order valence-corrected chi connectivity index (χ3v) is 6.88. The first-order chi connectivity index (χ1) is 12.0. The van der Waals surface area contributed by atoms with Crippen LogP contribution in [0.2, 0.25) is 0 Å². The molecule has 0 spiro atoms. The van der Waals surface area contributed by atoms with Crippen LogP contribution in [0.3, 0.4) is 0 Å². The van der Waals surface area contributed by atoms with Crippen molar-refractivity contribution in [3.8, 4) is 5.75 Å². The molecule has 2 saturated heterocycles. The molecule has 2 aliphatic heterocycles. The van der Waals surface area contributed by atoms with Gasteiger partial charge < -0.3 is 14.7 Å². The maximum Gasteiger partial charge on any atom is 0.122 e. The van der Waals surface area contributed by atoms with E-state index in [-0.39, 0.29) is 0 Å². The van der Waals surface area contributed by atoms with Crippen LogP contribution in [-0.4, -0.2) is 67.4 Å². The molecule has 1 aromatic carbocycles. The van der Waals surface area contributed by atoms with Crippen molar-refractivity contribution in [3.05, 3.63) is 29.8 Å². The fraction of sp³-hybridized carbons (Fsp3) is 0.714. The van der Waals surface area contributed by atoms with Crippen LogP contribution in [0.15, 0.2) is 24.3 Å². The highest BCUT2D eigenvalue weighted by atomic mass is 16.5. The molecule has 1 aromatic rings. The van der Waals surface area contributed by atoms with Crippen LogP contribution in [0, 0.1) is 17.8 Å². The molecule has 3 aliphatic rings. The first-order valence-corrected chi connectivity index (χ1v) is 9.79. The summed E-state index contributed by atoms with van der Waals surface area (Å²) in [5.41, 5.74) is 2.06. The monoisotopic (exact) mass is 344 g/mol. The predicted octanol–water partition coefficient (Wildman–Crippen LogP) is 2.54. The van der Waals surface area contributed by atoms with E-state index in [9.17, 15) is 5.11 Å². The maximum atomic E-state index is 10.5. The first-order valence-electron chi connectivity index (χ1n) is 9.79. The Morgan fingerprint density at radius 3 is 2.36 bits per heavy atom. The maximum absolute atomic E-state index is 10.5. The van der Waals surface area contributed by atoms with Gasteiger partial charge in [0.05, 0.1) is 0 Å². The molecule has 4 rings (SSSR count). The molecule has 25 heavy (non-hydrogen) atoms. The Bertz CT molecular complexity index is 598. The number of nitrogens with zero attached hydrogens (tertiary/aromatic N) is 2. The third kappa shape index (κ3) is 3.09. The Hall–Kier alpha value is -1.10. The van der Waals surface area contributed by atoms with Gasteiger partial charge in [0.2, 0.25) is 0 Å². The van der Waals surface area contributed by atoms with Crippen molar-refractivity contribution in [3.63, 3.8) is 0 Å². The second-order valence-electron chi connectivity index (χ2n) is 8.84. The van der Waals surface area contributed by atoms with Gasteiger partial charge in [0.25, 0.3) is 0 Å². The zero-order valence-electron chi connectivity index (χ0n) is 15.7. The predicted molar refractivity (Wildman–Crippen MR) is 100.0 cm³/mol. The van der Waals surface area contributed by atoms with Crippen LogP contribution in [-0.2, 0) is 0 Å². The minimum Gasteiger partial charge on any atom is -0.491 e. The number of para-hydroxylation sites is 1. The summed E-state index contributed by atoms with van der Waals surface area (Å²) in [5.74, 6) is 0.882. The second kappa shape index (κ2) is 6.57. The summed E-state index contributed by atoms with van der Waals surface area (Å²) >= 11 is 0. The molecule has 3 fully saturated rings. The molecular formula is C21H32N2O2. The molecule has 0 aromatic heterocycles. The molecule has 3 atom stereocenters. The molecule has 4 heteroatoms. The summed E-state index contributed by atoms with van der Waals surface area (Å²) < 4.78 is 5.85. The highest BCUT2D eigenvalue weighted by molar-refractivity contribution is 5.31. The molecule has 1 aliphatic carbocycles. The Kier molecular flexibility index (Phi) is 4.55. The van der Waals surface area contributed by atoms with Crippen LogP contribution in [0.5, 0.6) is 5.75 Å². The summed E-state index contributed by atoms with van der Waals surface area (Å²) in [6, 6.07) is 8.02. The van der Waals surface area contributed by atoms with Crippen molar-refractivity contribution in [2.75, 3.05) is 46.4 Å². The summed E-state index contributed by atoms with van der Waals surface area (Å²) in [7, 11) is 2.28. The van der Waals surface area contributed by atoms with E-state index in [0.717, 1.165) is 30.9 Å². The first kappa shape index (κ1) is 17.3. The molecule has 0 bridgehead atoms. The standard InChI is InChI=1S/C21H32N2O2/c1-17-7-3-4-8-19(17)25-12-18(24)11-23-15-20-9-5-6-10-21(20,16-23)14-22(2)13-20/h3-4,7-8,18,24H,5-6,9-16H2,1-2H3. The number of β-amino-alcohol motifs (C(OH)–C–C–N with tert-alkyl or cyclic N) is 1. The van der Waals surface area contributed by atoms with E-state index in [0.29, 0.717) is 17.4 Å². The number of benzene rings is 1. The molecule has 0 radical (unpaired) electrons. The fourth-order valence-electron chi connectivity index (χ4n) is 5.93. The van der Waals surface area contributed by atoms with E-state index in [4.69, 9.17) is 4.74 Å². The van der Waals surface area contributed by atoms with E-state index in [1.54, 1.807) is 0 Å². The number of aliphatic hydroxyl groups is 1. The zero-order valence-corrected chi connectivity index (χ0v) is 15.7. The van der Waals surface area contributed by atoms with Gasteiger partial charge in [-0.15, -0.1) is 0 Å².